The lowest BCUT2D eigenvalue weighted by Crippen LogP contribution is -2.44. The second kappa shape index (κ2) is 5.74. The van der Waals surface area contributed by atoms with Crippen molar-refractivity contribution in [2.45, 2.75) is 39.7 Å². The van der Waals surface area contributed by atoms with E-state index in [-0.39, 0.29) is 11.0 Å². The number of aryl methyl sites for hydroxylation is 1. The molecular weight excluding hydrogens is 240 g/mol. The summed E-state index contributed by atoms with van der Waals surface area (Å²) in [6.07, 6.45) is 6.49. The Balaban J connectivity index is 2.16. The third-order valence-corrected chi connectivity index (χ3v) is 4.12. The Kier molecular flexibility index (Phi) is 4.24. The number of aromatic nitrogens is 2. The van der Waals surface area contributed by atoms with Crippen LogP contribution in [0.25, 0.3) is 0 Å². The molecule has 0 unspecified atom stereocenters. The number of anilines is 1. The first-order chi connectivity index (χ1) is 9.09. The number of nitrogens with zero attached hydrogens (tertiary/aromatic N) is 3. The Morgan fingerprint density at radius 3 is 2.68 bits per heavy atom. The van der Waals surface area contributed by atoms with Crippen LogP contribution in [0.4, 0.5) is 5.82 Å². The van der Waals surface area contributed by atoms with Crippen LogP contribution in [0, 0.1) is 5.41 Å². The Bertz CT molecular complexity index is 475. The molecule has 1 aromatic heterocycles. The molecule has 5 nitrogen and oxygen atoms in total. The quantitative estimate of drug-likeness (QED) is 0.888. The zero-order valence-electron chi connectivity index (χ0n) is 11.9. The van der Waals surface area contributed by atoms with Crippen LogP contribution in [-0.2, 0) is 6.54 Å². The van der Waals surface area contributed by atoms with Crippen LogP contribution < -0.4 is 16.2 Å². The molecule has 19 heavy (non-hydrogen) atoms. The van der Waals surface area contributed by atoms with E-state index >= 15 is 0 Å². The number of hydrogen-bond acceptors (Lipinski definition) is 4. The van der Waals surface area contributed by atoms with Gasteiger partial charge in [-0.05, 0) is 31.2 Å². The minimum absolute atomic E-state index is 0.0284. The van der Waals surface area contributed by atoms with Crippen LogP contribution in [0.15, 0.2) is 17.2 Å². The Labute approximate surface area is 114 Å². The van der Waals surface area contributed by atoms with Crippen molar-refractivity contribution in [1.82, 2.24) is 9.55 Å². The standard InChI is InChI=1S/C14H24N4O/c1-3-7-18-10-6-16-12(13(18)19)17-8-4-14(2,11-15)5-9-17/h6,10H,3-5,7-9,11,15H2,1-2H3. The third kappa shape index (κ3) is 2.97. The maximum atomic E-state index is 12.3. The lowest BCUT2D eigenvalue weighted by molar-refractivity contribution is 0.257. The maximum Gasteiger partial charge on any atom is 0.293 e. The largest absolute Gasteiger partial charge is 0.352 e. The maximum absolute atomic E-state index is 12.3. The van der Waals surface area contributed by atoms with Crippen molar-refractivity contribution in [2.75, 3.05) is 24.5 Å². The molecule has 2 rings (SSSR count). The topological polar surface area (TPSA) is 64.2 Å². The molecule has 106 valence electrons. The lowest BCUT2D eigenvalue weighted by Gasteiger charge is -2.38. The molecule has 1 aliphatic heterocycles. The summed E-state index contributed by atoms with van der Waals surface area (Å²) in [6, 6.07) is 0. The van der Waals surface area contributed by atoms with E-state index in [1.54, 1.807) is 17.0 Å². The molecule has 0 saturated carbocycles. The van der Waals surface area contributed by atoms with Crippen molar-refractivity contribution in [3.63, 3.8) is 0 Å². The van der Waals surface area contributed by atoms with Gasteiger partial charge in [0.2, 0.25) is 0 Å². The van der Waals surface area contributed by atoms with Crippen LogP contribution in [0.1, 0.15) is 33.1 Å². The van der Waals surface area contributed by atoms with Crippen LogP contribution >= 0.6 is 0 Å². The normalized spacial score (nSPS) is 18.6. The predicted molar refractivity (Wildman–Crippen MR) is 77.4 cm³/mol. The molecular formula is C14H24N4O. The van der Waals surface area contributed by atoms with E-state index in [1.807, 2.05) is 0 Å². The molecule has 0 atom stereocenters. The second-order valence-electron chi connectivity index (χ2n) is 5.75. The van der Waals surface area contributed by atoms with Gasteiger partial charge in [-0.2, -0.15) is 0 Å². The Morgan fingerprint density at radius 1 is 1.42 bits per heavy atom. The van der Waals surface area contributed by atoms with E-state index in [4.69, 9.17) is 5.73 Å². The fourth-order valence-electron chi connectivity index (χ4n) is 2.53. The van der Waals surface area contributed by atoms with E-state index < -0.39 is 0 Å². The SMILES string of the molecule is CCCn1ccnc(N2CCC(C)(CN)CC2)c1=O. The van der Waals surface area contributed by atoms with Crippen molar-refractivity contribution >= 4 is 5.82 Å². The molecule has 2 N–H and O–H groups in total. The molecule has 0 bridgehead atoms. The second-order valence-corrected chi connectivity index (χ2v) is 5.75. The molecule has 1 aromatic rings. The summed E-state index contributed by atoms with van der Waals surface area (Å²) in [6.45, 7) is 7.49. The summed E-state index contributed by atoms with van der Waals surface area (Å²) in [5.74, 6) is 0.593. The van der Waals surface area contributed by atoms with Crippen molar-refractivity contribution in [3.8, 4) is 0 Å². The molecule has 1 saturated heterocycles. The van der Waals surface area contributed by atoms with Gasteiger partial charge in [0.1, 0.15) is 0 Å². The summed E-state index contributed by atoms with van der Waals surface area (Å²) in [7, 11) is 0. The van der Waals surface area contributed by atoms with Crippen molar-refractivity contribution in [2.24, 2.45) is 11.1 Å². The number of hydrogen-bond donors (Lipinski definition) is 1. The van der Waals surface area contributed by atoms with Gasteiger partial charge >= 0.3 is 0 Å². The molecule has 1 aliphatic rings. The highest BCUT2D eigenvalue weighted by atomic mass is 16.1. The van der Waals surface area contributed by atoms with Crippen LogP contribution in [0.5, 0.6) is 0 Å². The van der Waals surface area contributed by atoms with E-state index in [2.05, 4.69) is 23.7 Å². The molecule has 2 heterocycles. The molecule has 0 radical (unpaired) electrons. The van der Waals surface area contributed by atoms with Crippen molar-refractivity contribution in [1.29, 1.82) is 0 Å². The van der Waals surface area contributed by atoms with E-state index in [0.717, 1.165) is 38.9 Å². The van der Waals surface area contributed by atoms with Gasteiger partial charge in [0, 0.05) is 32.0 Å². The molecule has 5 heteroatoms. The highest BCUT2D eigenvalue weighted by molar-refractivity contribution is 5.36. The molecule has 0 amide bonds. The van der Waals surface area contributed by atoms with E-state index in [9.17, 15) is 4.79 Å². The van der Waals surface area contributed by atoms with Gasteiger partial charge in [0.05, 0.1) is 0 Å². The van der Waals surface area contributed by atoms with E-state index in [1.165, 1.54) is 0 Å². The fourth-order valence-corrected chi connectivity index (χ4v) is 2.53. The van der Waals surface area contributed by atoms with Gasteiger partial charge in [-0.15, -0.1) is 0 Å². The van der Waals surface area contributed by atoms with Crippen LogP contribution in [-0.4, -0.2) is 29.2 Å². The number of rotatable bonds is 4. The van der Waals surface area contributed by atoms with Gasteiger partial charge in [0.15, 0.2) is 5.82 Å². The summed E-state index contributed by atoms with van der Waals surface area (Å²) in [4.78, 5) is 18.7. The first-order valence-electron chi connectivity index (χ1n) is 7.10. The highest BCUT2D eigenvalue weighted by Gasteiger charge is 2.30. The monoisotopic (exact) mass is 264 g/mol. The van der Waals surface area contributed by atoms with Crippen molar-refractivity contribution < 1.29 is 0 Å². The molecule has 1 fully saturated rings. The average Bonchev–Trinajstić information content (AvgIpc) is 2.43. The predicted octanol–water partition coefficient (Wildman–Crippen LogP) is 1.22. The van der Waals surface area contributed by atoms with Gasteiger partial charge in [0.25, 0.3) is 5.56 Å². The minimum atomic E-state index is 0.0284. The zero-order valence-corrected chi connectivity index (χ0v) is 11.9. The smallest absolute Gasteiger partial charge is 0.293 e. The third-order valence-electron chi connectivity index (χ3n) is 4.12. The first-order valence-corrected chi connectivity index (χ1v) is 7.10. The molecule has 0 aromatic carbocycles. The average molecular weight is 264 g/mol. The summed E-state index contributed by atoms with van der Waals surface area (Å²) in [5.41, 5.74) is 6.06. The summed E-state index contributed by atoms with van der Waals surface area (Å²) in [5, 5.41) is 0. The highest BCUT2D eigenvalue weighted by Crippen LogP contribution is 2.30. The molecule has 0 spiro atoms. The summed E-state index contributed by atoms with van der Waals surface area (Å²) >= 11 is 0. The molecule has 0 aliphatic carbocycles. The lowest BCUT2D eigenvalue weighted by atomic mass is 9.80. The Hall–Kier alpha value is -1.36. The summed E-state index contributed by atoms with van der Waals surface area (Å²) < 4.78 is 1.75. The van der Waals surface area contributed by atoms with Gasteiger partial charge in [-0.25, -0.2) is 4.98 Å². The van der Waals surface area contributed by atoms with Crippen LogP contribution in [0.3, 0.4) is 0 Å². The number of piperidine rings is 1. The van der Waals surface area contributed by atoms with Gasteiger partial charge in [-0.1, -0.05) is 13.8 Å². The number of nitrogens with two attached hydrogens (primary N) is 1. The Morgan fingerprint density at radius 2 is 2.11 bits per heavy atom. The van der Waals surface area contributed by atoms with Crippen molar-refractivity contribution in [3.05, 3.63) is 22.7 Å². The van der Waals surface area contributed by atoms with Gasteiger partial charge in [-0.3, -0.25) is 4.79 Å². The zero-order chi connectivity index (χ0) is 13.9. The van der Waals surface area contributed by atoms with E-state index in [0.29, 0.717) is 12.4 Å². The minimum Gasteiger partial charge on any atom is -0.352 e. The fraction of sp³-hybridized carbons (Fsp3) is 0.714. The van der Waals surface area contributed by atoms with Gasteiger partial charge < -0.3 is 15.2 Å². The van der Waals surface area contributed by atoms with Crippen LogP contribution in [0.2, 0.25) is 0 Å². The first kappa shape index (κ1) is 14.1.